The van der Waals surface area contributed by atoms with Crippen LogP contribution in [0, 0.1) is 0 Å². The van der Waals surface area contributed by atoms with Gasteiger partial charge in [-0.05, 0) is 73.0 Å². The van der Waals surface area contributed by atoms with E-state index in [-0.39, 0.29) is 18.2 Å². The van der Waals surface area contributed by atoms with E-state index in [0.717, 1.165) is 40.6 Å². The highest BCUT2D eigenvalue weighted by Crippen LogP contribution is 2.23. The molecule has 33 heavy (non-hydrogen) atoms. The predicted octanol–water partition coefficient (Wildman–Crippen LogP) is 3.91. The van der Waals surface area contributed by atoms with Crippen molar-refractivity contribution in [3.05, 3.63) is 71.8 Å². The van der Waals surface area contributed by atoms with Gasteiger partial charge in [0, 0.05) is 31.4 Å². The number of carbonyl (C=O) groups is 2. The second-order valence-electron chi connectivity index (χ2n) is 8.28. The van der Waals surface area contributed by atoms with Gasteiger partial charge in [0.25, 0.3) is 0 Å². The lowest BCUT2D eigenvalue weighted by Gasteiger charge is -2.27. The maximum absolute atomic E-state index is 13.1. The molecule has 0 aliphatic heterocycles. The molecule has 6 heteroatoms. The Bertz CT molecular complexity index is 1100. The van der Waals surface area contributed by atoms with Gasteiger partial charge >= 0.3 is 0 Å². The minimum atomic E-state index is 0.0518. The number of ether oxygens (including phenoxy) is 1. The number of amides is 1. The van der Waals surface area contributed by atoms with Crippen molar-refractivity contribution in [1.82, 2.24) is 4.90 Å². The number of likely N-dealkylation sites (N-methyl/N-ethyl adjacent to an activating group) is 1. The van der Waals surface area contributed by atoms with Gasteiger partial charge in [-0.3, -0.25) is 9.59 Å². The van der Waals surface area contributed by atoms with Crippen LogP contribution in [0.25, 0.3) is 10.8 Å². The van der Waals surface area contributed by atoms with E-state index in [9.17, 15) is 9.59 Å². The molecule has 0 bridgehead atoms. The summed E-state index contributed by atoms with van der Waals surface area (Å²) in [5, 5.41) is 2.05. The first-order chi connectivity index (χ1) is 15.9. The molecule has 6 nitrogen and oxygen atoms in total. The number of nitrogens with zero attached hydrogens (tertiary/aromatic N) is 2. The molecular formula is C27H33N3O3. The zero-order valence-corrected chi connectivity index (χ0v) is 19.7. The molecule has 174 valence electrons. The minimum absolute atomic E-state index is 0.0518. The van der Waals surface area contributed by atoms with Gasteiger partial charge in [-0.2, -0.15) is 0 Å². The van der Waals surface area contributed by atoms with Gasteiger partial charge in [-0.15, -0.1) is 0 Å². The Balaban J connectivity index is 1.66. The average molecular weight is 448 g/mol. The monoisotopic (exact) mass is 447 g/mol. The SMILES string of the molecule is COc1ccc(CCN(CCCN)C(=O)CN(C)c2ccc3cc(C(C)=O)ccc3c2)cc1. The quantitative estimate of drug-likeness (QED) is 0.451. The Morgan fingerprint density at radius 3 is 2.30 bits per heavy atom. The molecule has 0 heterocycles. The molecule has 0 aromatic heterocycles. The summed E-state index contributed by atoms with van der Waals surface area (Å²) in [6.07, 6.45) is 1.55. The van der Waals surface area contributed by atoms with Crippen molar-refractivity contribution in [2.24, 2.45) is 5.73 Å². The van der Waals surface area contributed by atoms with E-state index >= 15 is 0 Å². The van der Waals surface area contributed by atoms with Crippen molar-refractivity contribution in [3.63, 3.8) is 0 Å². The summed E-state index contributed by atoms with van der Waals surface area (Å²) in [5.41, 5.74) is 8.53. The van der Waals surface area contributed by atoms with Gasteiger partial charge in [0.1, 0.15) is 5.75 Å². The first-order valence-electron chi connectivity index (χ1n) is 11.3. The van der Waals surface area contributed by atoms with Crippen LogP contribution < -0.4 is 15.4 Å². The van der Waals surface area contributed by atoms with Crippen LogP contribution in [0.15, 0.2) is 60.7 Å². The van der Waals surface area contributed by atoms with Crippen LogP contribution in [0.4, 0.5) is 5.69 Å². The lowest BCUT2D eigenvalue weighted by molar-refractivity contribution is -0.129. The van der Waals surface area contributed by atoms with E-state index < -0.39 is 0 Å². The topological polar surface area (TPSA) is 75.9 Å². The van der Waals surface area contributed by atoms with Gasteiger partial charge in [-0.25, -0.2) is 0 Å². The van der Waals surface area contributed by atoms with Gasteiger partial charge in [-0.1, -0.05) is 30.3 Å². The lowest BCUT2D eigenvalue weighted by atomic mass is 10.0. The van der Waals surface area contributed by atoms with Crippen LogP contribution in [0.5, 0.6) is 5.75 Å². The van der Waals surface area contributed by atoms with E-state index in [1.165, 1.54) is 0 Å². The molecule has 2 N–H and O–H groups in total. The highest BCUT2D eigenvalue weighted by atomic mass is 16.5. The van der Waals surface area contributed by atoms with Crippen molar-refractivity contribution >= 4 is 28.2 Å². The summed E-state index contributed by atoms with van der Waals surface area (Å²) < 4.78 is 5.22. The fraction of sp³-hybridized carbons (Fsp3) is 0.333. The maximum Gasteiger partial charge on any atom is 0.242 e. The first-order valence-corrected chi connectivity index (χ1v) is 11.3. The van der Waals surface area contributed by atoms with E-state index in [1.807, 2.05) is 77.5 Å². The van der Waals surface area contributed by atoms with Crippen LogP contribution in [-0.4, -0.2) is 56.9 Å². The molecule has 0 unspecified atom stereocenters. The van der Waals surface area contributed by atoms with Crippen LogP contribution in [0.1, 0.15) is 29.3 Å². The molecule has 0 radical (unpaired) electrons. The summed E-state index contributed by atoms with van der Waals surface area (Å²) in [4.78, 5) is 28.6. The summed E-state index contributed by atoms with van der Waals surface area (Å²) in [6.45, 7) is 3.69. The highest BCUT2D eigenvalue weighted by molar-refractivity contribution is 5.99. The van der Waals surface area contributed by atoms with Gasteiger partial charge in [0.05, 0.1) is 13.7 Å². The largest absolute Gasteiger partial charge is 0.497 e. The number of ketones is 1. The second kappa shape index (κ2) is 11.5. The van der Waals surface area contributed by atoms with E-state index in [0.29, 0.717) is 25.2 Å². The van der Waals surface area contributed by atoms with E-state index in [1.54, 1.807) is 14.0 Å². The number of nitrogens with two attached hydrogens (primary N) is 1. The third-order valence-corrected chi connectivity index (χ3v) is 5.86. The Labute approximate surface area is 195 Å². The molecule has 1 amide bonds. The van der Waals surface area contributed by atoms with Crippen molar-refractivity contribution in [2.75, 3.05) is 45.2 Å². The molecule has 3 aromatic rings. The zero-order valence-electron chi connectivity index (χ0n) is 19.7. The van der Waals surface area contributed by atoms with Crippen LogP contribution in [-0.2, 0) is 11.2 Å². The normalized spacial score (nSPS) is 10.8. The maximum atomic E-state index is 13.1. The molecule has 0 aliphatic carbocycles. The first kappa shape index (κ1) is 24.3. The third-order valence-electron chi connectivity index (χ3n) is 5.86. The number of benzene rings is 3. The molecule has 3 rings (SSSR count). The number of Topliss-reactive ketones (excluding diaryl/α,β-unsaturated/α-hetero) is 1. The van der Waals surface area contributed by atoms with Crippen molar-refractivity contribution in [2.45, 2.75) is 19.8 Å². The van der Waals surface area contributed by atoms with Crippen LogP contribution in [0.2, 0.25) is 0 Å². The number of hydrogen-bond acceptors (Lipinski definition) is 5. The Hall–Kier alpha value is -3.38. The van der Waals surface area contributed by atoms with E-state index in [2.05, 4.69) is 0 Å². The summed E-state index contributed by atoms with van der Waals surface area (Å²) >= 11 is 0. The van der Waals surface area contributed by atoms with E-state index in [4.69, 9.17) is 10.5 Å². The Morgan fingerprint density at radius 2 is 1.64 bits per heavy atom. The van der Waals surface area contributed by atoms with Crippen molar-refractivity contribution in [1.29, 1.82) is 0 Å². The predicted molar refractivity (Wildman–Crippen MR) is 134 cm³/mol. The fourth-order valence-corrected chi connectivity index (χ4v) is 3.78. The third kappa shape index (κ3) is 6.56. The summed E-state index contributed by atoms with van der Waals surface area (Å²) in [7, 11) is 3.57. The highest BCUT2D eigenvalue weighted by Gasteiger charge is 2.16. The summed E-state index contributed by atoms with van der Waals surface area (Å²) in [5.74, 6) is 0.951. The molecule has 0 fully saturated rings. The number of anilines is 1. The molecule has 0 spiro atoms. The number of rotatable bonds is 11. The molecular weight excluding hydrogens is 414 g/mol. The second-order valence-corrected chi connectivity index (χ2v) is 8.28. The van der Waals surface area contributed by atoms with Crippen molar-refractivity contribution < 1.29 is 14.3 Å². The average Bonchev–Trinajstić information content (AvgIpc) is 2.83. The Morgan fingerprint density at radius 1 is 0.939 bits per heavy atom. The fourth-order valence-electron chi connectivity index (χ4n) is 3.78. The molecule has 0 aliphatic rings. The zero-order chi connectivity index (χ0) is 23.8. The van der Waals surface area contributed by atoms with Crippen molar-refractivity contribution in [3.8, 4) is 5.75 Å². The van der Waals surface area contributed by atoms with Crippen LogP contribution in [0.3, 0.4) is 0 Å². The standard InChI is InChI=1S/C27H33N3O3/c1-20(31)22-7-8-24-18-25(10-9-23(24)17-22)29(2)19-27(32)30(15-4-14-28)16-13-21-5-11-26(33-3)12-6-21/h5-12,17-18H,4,13-16,19,28H2,1-3H3. The lowest BCUT2D eigenvalue weighted by Crippen LogP contribution is -2.41. The van der Waals surface area contributed by atoms with Gasteiger partial charge in [0.2, 0.25) is 5.91 Å². The minimum Gasteiger partial charge on any atom is -0.497 e. The number of methoxy groups -OCH3 is 1. The van der Waals surface area contributed by atoms with Gasteiger partial charge in [0.15, 0.2) is 5.78 Å². The molecule has 3 aromatic carbocycles. The number of fused-ring (bicyclic) bond motifs is 1. The molecule has 0 atom stereocenters. The number of carbonyl (C=O) groups excluding carboxylic acids is 2. The Kier molecular flexibility index (Phi) is 8.44. The molecule has 0 saturated carbocycles. The van der Waals surface area contributed by atoms with Gasteiger partial charge < -0.3 is 20.3 Å². The summed E-state index contributed by atoms with van der Waals surface area (Å²) in [6, 6.07) is 19.7. The number of hydrogen-bond donors (Lipinski definition) is 1. The van der Waals surface area contributed by atoms with Crippen LogP contribution >= 0.6 is 0 Å². The smallest absolute Gasteiger partial charge is 0.242 e. The molecule has 0 saturated heterocycles.